The fourth-order valence-electron chi connectivity index (χ4n) is 2.38. The molecule has 0 radical (unpaired) electrons. The van der Waals surface area contributed by atoms with Gasteiger partial charge in [0.1, 0.15) is 12.3 Å². The number of amides is 1. The monoisotopic (exact) mass is 428 g/mol. The van der Waals surface area contributed by atoms with E-state index < -0.39 is 15.9 Å². The molecule has 0 atom stereocenters. The molecule has 0 aliphatic carbocycles. The number of carbonyl (C=O) groups excluding carboxylic acids is 1. The maximum absolute atomic E-state index is 12.5. The molecule has 0 aliphatic rings. The summed E-state index contributed by atoms with van der Waals surface area (Å²) in [5.74, 6) is 0.826. The summed E-state index contributed by atoms with van der Waals surface area (Å²) in [4.78, 5) is 13.4. The van der Waals surface area contributed by atoms with E-state index in [0.717, 1.165) is 21.2 Å². The molecule has 2 aromatic carbocycles. The average Bonchev–Trinajstić information content (AvgIpc) is 2.60. The largest absolute Gasteiger partial charge is 0.495 e. The molecular weight excluding hydrogens is 408 g/mol. The van der Waals surface area contributed by atoms with Crippen molar-refractivity contribution in [3.8, 4) is 5.75 Å². The van der Waals surface area contributed by atoms with Crippen molar-refractivity contribution in [2.75, 3.05) is 35.3 Å². The van der Waals surface area contributed by atoms with Crippen LogP contribution in [-0.2, 0) is 14.8 Å². The molecule has 0 spiro atoms. The lowest BCUT2D eigenvalue weighted by Gasteiger charge is -2.22. The first-order chi connectivity index (χ1) is 12.8. The van der Waals surface area contributed by atoms with Gasteiger partial charge in [0, 0.05) is 4.90 Å². The Bertz CT molecular complexity index is 919. The predicted molar refractivity (Wildman–Crippen MR) is 112 cm³/mol. The first-order valence-electron chi connectivity index (χ1n) is 8.09. The lowest BCUT2D eigenvalue weighted by atomic mass is 10.3. The summed E-state index contributed by atoms with van der Waals surface area (Å²) in [6, 6.07) is 11.9. The molecule has 2 aromatic rings. The topological polar surface area (TPSA) is 75.7 Å². The fourth-order valence-corrected chi connectivity index (χ4v) is 4.24. The van der Waals surface area contributed by atoms with Crippen molar-refractivity contribution >= 4 is 50.7 Å². The van der Waals surface area contributed by atoms with Gasteiger partial charge in [-0.15, -0.1) is 11.8 Å². The van der Waals surface area contributed by atoms with E-state index in [1.807, 2.05) is 25.1 Å². The second kappa shape index (κ2) is 9.34. The van der Waals surface area contributed by atoms with Gasteiger partial charge in [0.15, 0.2) is 0 Å². The van der Waals surface area contributed by atoms with Gasteiger partial charge in [-0.3, -0.25) is 9.10 Å². The Morgan fingerprint density at radius 2 is 1.96 bits per heavy atom. The van der Waals surface area contributed by atoms with Gasteiger partial charge in [-0.05, 0) is 36.1 Å². The Balaban J connectivity index is 2.25. The molecule has 0 fully saturated rings. The van der Waals surface area contributed by atoms with Crippen molar-refractivity contribution in [3.05, 3.63) is 47.5 Å². The van der Waals surface area contributed by atoms with Crippen LogP contribution >= 0.6 is 23.4 Å². The number of ether oxygens (including phenoxy) is 1. The van der Waals surface area contributed by atoms with Gasteiger partial charge in [0.05, 0.1) is 29.8 Å². The first-order valence-corrected chi connectivity index (χ1v) is 11.3. The molecule has 0 aliphatic heterocycles. The molecule has 0 saturated heterocycles. The molecule has 0 heterocycles. The number of nitrogens with zero attached hydrogens (tertiary/aromatic N) is 1. The highest BCUT2D eigenvalue weighted by atomic mass is 35.5. The van der Waals surface area contributed by atoms with E-state index in [-0.39, 0.29) is 17.3 Å². The summed E-state index contributed by atoms with van der Waals surface area (Å²) in [7, 11) is -2.23. The highest BCUT2D eigenvalue weighted by molar-refractivity contribution is 7.99. The number of nitrogens with one attached hydrogen (secondary N) is 1. The van der Waals surface area contributed by atoms with Crippen LogP contribution in [0, 0.1) is 0 Å². The Hall–Kier alpha value is -1.90. The number of methoxy groups -OCH3 is 1. The Kier molecular flexibility index (Phi) is 7.41. The summed E-state index contributed by atoms with van der Waals surface area (Å²) >= 11 is 7.69. The van der Waals surface area contributed by atoms with Crippen LogP contribution in [0.3, 0.4) is 0 Å². The number of anilines is 2. The maximum atomic E-state index is 12.5. The molecule has 0 bridgehead atoms. The number of hydrogen-bond donors (Lipinski definition) is 1. The van der Waals surface area contributed by atoms with Crippen molar-refractivity contribution in [1.29, 1.82) is 0 Å². The number of halogens is 1. The van der Waals surface area contributed by atoms with E-state index in [2.05, 4.69) is 5.32 Å². The van der Waals surface area contributed by atoms with Crippen LogP contribution < -0.4 is 14.4 Å². The minimum absolute atomic E-state index is 0.258. The van der Waals surface area contributed by atoms with Crippen molar-refractivity contribution < 1.29 is 17.9 Å². The minimum Gasteiger partial charge on any atom is -0.495 e. The van der Waals surface area contributed by atoms with Crippen LogP contribution in [0.1, 0.15) is 6.92 Å². The molecule has 146 valence electrons. The van der Waals surface area contributed by atoms with E-state index in [0.29, 0.717) is 11.4 Å². The van der Waals surface area contributed by atoms with Crippen LogP contribution in [0.4, 0.5) is 11.4 Å². The normalized spacial score (nSPS) is 11.1. The maximum Gasteiger partial charge on any atom is 0.245 e. The van der Waals surface area contributed by atoms with Crippen molar-refractivity contribution in [2.45, 2.75) is 11.8 Å². The minimum atomic E-state index is -3.69. The Labute approximate surface area is 168 Å². The van der Waals surface area contributed by atoms with Gasteiger partial charge in [-0.25, -0.2) is 8.42 Å². The molecule has 2 rings (SSSR count). The van der Waals surface area contributed by atoms with Gasteiger partial charge in [0.25, 0.3) is 0 Å². The Morgan fingerprint density at radius 3 is 2.56 bits per heavy atom. The van der Waals surface area contributed by atoms with Crippen LogP contribution in [0.25, 0.3) is 0 Å². The summed E-state index contributed by atoms with van der Waals surface area (Å²) in [6.45, 7) is 1.65. The zero-order valence-electron chi connectivity index (χ0n) is 15.2. The second-order valence-electron chi connectivity index (χ2n) is 5.57. The van der Waals surface area contributed by atoms with Gasteiger partial charge >= 0.3 is 0 Å². The molecule has 6 nitrogen and oxygen atoms in total. The van der Waals surface area contributed by atoms with E-state index in [1.165, 1.54) is 13.2 Å². The number of rotatable bonds is 8. The number of carbonyl (C=O) groups is 1. The molecule has 0 unspecified atom stereocenters. The Morgan fingerprint density at radius 1 is 1.26 bits per heavy atom. The number of sulfonamides is 1. The molecule has 27 heavy (non-hydrogen) atoms. The zero-order valence-corrected chi connectivity index (χ0v) is 17.6. The zero-order chi connectivity index (χ0) is 20.0. The molecule has 0 aromatic heterocycles. The molecular formula is C18H21ClN2O4S2. The first kappa shape index (κ1) is 21.4. The van der Waals surface area contributed by atoms with Crippen LogP contribution in [-0.4, -0.2) is 40.0 Å². The summed E-state index contributed by atoms with van der Waals surface area (Å²) in [5, 5.41) is 3.04. The van der Waals surface area contributed by atoms with Gasteiger partial charge in [-0.2, -0.15) is 0 Å². The van der Waals surface area contributed by atoms with Crippen LogP contribution in [0.2, 0.25) is 5.02 Å². The molecule has 9 heteroatoms. The van der Waals surface area contributed by atoms with Crippen molar-refractivity contribution in [2.24, 2.45) is 0 Å². The standard InChI is InChI=1S/C18H21ClN2O4S2/c1-4-26-17-8-6-5-7-15(17)20-18(22)12-21(27(3,23)24)13-9-10-16(25-2)14(19)11-13/h5-11H,4,12H2,1-3H3,(H,20,22). The number of benzene rings is 2. The highest BCUT2D eigenvalue weighted by Gasteiger charge is 2.22. The summed E-state index contributed by atoms with van der Waals surface area (Å²) < 4.78 is 30.5. The van der Waals surface area contributed by atoms with Crippen LogP contribution in [0.15, 0.2) is 47.4 Å². The lowest BCUT2D eigenvalue weighted by Crippen LogP contribution is -2.37. The third-order valence-corrected chi connectivity index (χ3v) is 5.96. The van der Waals surface area contributed by atoms with Gasteiger partial charge in [0.2, 0.25) is 15.9 Å². The molecule has 1 N–H and O–H groups in total. The van der Waals surface area contributed by atoms with Crippen molar-refractivity contribution in [3.63, 3.8) is 0 Å². The SMILES string of the molecule is CCSc1ccccc1NC(=O)CN(c1ccc(OC)c(Cl)c1)S(C)(=O)=O. The smallest absolute Gasteiger partial charge is 0.245 e. The van der Waals surface area contributed by atoms with Crippen molar-refractivity contribution in [1.82, 2.24) is 0 Å². The van der Waals surface area contributed by atoms with Gasteiger partial charge < -0.3 is 10.1 Å². The predicted octanol–water partition coefficient (Wildman–Crippen LogP) is 3.87. The third kappa shape index (κ3) is 5.79. The third-order valence-electron chi connectivity index (χ3n) is 3.57. The fraction of sp³-hybridized carbons (Fsp3) is 0.278. The highest BCUT2D eigenvalue weighted by Crippen LogP contribution is 2.30. The molecule has 0 saturated carbocycles. The van der Waals surface area contributed by atoms with Gasteiger partial charge in [-0.1, -0.05) is 30.7 Å². The number of thioether (sulfide) groups is 1. The number of hydrogen-bond acceptors (Lipinski definition) is 5. The van der Waals surface area contributed by atoms with E-state index in [9.17, 15) is 13.2 Å². The second-order valence-corrected chi connectivity index (χ2v) is 9.19. The number of para-hydroxylation sites is 1. The molecule has 1 amide bonds. The quantitative estimate of drug-likeness (QED) is 0.646. The van der Waals surface area contributed by atoms with E-state index >= 15 is 0 Å². The van der Waals surface area contributed by atoms with E-state index in [1.54, 1.807) is 30.0 Å². The van der Waals surface area contributed by atoms with Crippen LogP contribution in [0.5, 0.6) is 5.75 Å². The summed E-state index contributed by atoms with van der Waals surface area (Å²) in [5.41, 5.74) is 0.935. The average molecular weight is 429 g/mol. The summed E-state index contributed by atoms with van der Waals surface area (Å²) in [6.07, 6.45) is 1.04. The van der Waals surface area contributed by atoms with E-state index in [4.69, 9.17) is 16.3 Å². The lowest BCUT2D eigenvalue weighted by molar-refractivity contribution is -0.114.